The molecule has 1 N–H and O–H groups in total. The lowest BCUT2D eigenvalue weighted by Crippen LogP contribution is -2.41. The van der Waals surface area contributed by atoms with Crippen molar-refractivity contribution >= 4 is 35.0 Å². The largest absolute Gasteiger partial charge is 0.497 e. The predicted octanol–water partition coefficient (Wildman–Crippen LogP) is 2.20. The lowest BCUT2D eigenvalue weighted by molar-refractivity contribution is -0.145. The van der Waals surface area contributed by atoms with E-state index >= 15 is 0 Å². The van der Waals surface area contributed by atoms with E-state index in [1.165, 1.54) is 6.92 Å². The van der Waals surface area contributed by atoms with Crippen LogP contribution >= 0.6 is 11.8 Å². The van der Waals surface area contributed by atoms with Crippen LogP contribution in [0.3, 0.4) is 0 Å². The molecule has 1 atom stereocenters. The van der Waals surface area contributed by atoms with Crippen molar-refractivity contribution in [3.05, 3.63) is 34.7 Å². The second-order valence-corrected chi connectivity index (χ2v) is 5.33. The summed E-state index contributed by atoms with van der Waals surface area (Å²) >= 11 is 0.736. The van der Waals surface area contributed by atoms with Gasteiger partial charge >= 0.3 is 5.97 Å². The van der Waals surface area contributed by atoms with Gasteiger partial charge in [-0.1, -0.05) is 12.1 Å². The van der Waals surface area contributed by atoms with Gasteiger partial charge in [0, 0.05) is 0 Å². The molecule has 110 valence electrons. The van der Waals surface area contributed by atoms with Crippen molar-refractivity contribution in [2.24, 2.45) is 0 Å². The molecule has 6 nitrogen and oxygen atoms in total. The average molecular weight is 307 g/mol. The molecule has 0 unspecified atom stereocenters. The van der Waals surface area contributed by atoms with Gasteiger partial charge in [0.05, 0.1) is 12.0 Å². The third-order valence-electron chi connectivity index (χ3n) is 2.98. The first kappa shape index (κ1) is 15.1. The monoisotopic (exact) mass is 307 g/mol. The molecular formula is C14H13NO5S. The van der Waals surface area contributed by atoms with Gasteiger partial charge in [-0.2, -0.15) is 0 Å². The fourth-order valence-corrected chi connectivity index (χ4v) is 2.68. The lowest BCUT2D eigenvalue weighted by Gasteiger charge is -2.16. The minimum absolute atomic E-state index is 0.207. The van der Waals surface area contributed by atoms with Crippen molar-refractivity contribution in [2.45, 2.75) is 13.0 Å². The van der Waals surface area contributed by atoms with E-state index in [9.17, 15) is 14.4 Å². The van der Waals surface area contributed by atoms with Crippen LogP contribution in [0.4, 0.5) is 4.79 Å². The molecule has 1 fully saturated rings. The Balaban J connectivity index is 2.25. The number of carboxylic acids is 1. The van der Waals surface area contributed by atoms with Gasteiger partial charge in [-0.25, -0.2) is 4.79 Å². The van der Waals surface area contributed by atoms with E-state index in [1.807, 2.05) is 0 Å². The van der Waals surface area contributed by atoms with E-state index in [2.05, 4.69) is 0 Å². The maximum Gasteiger partial charge on any atom is 0.326 e. The summed E-state index contributed by atoms with van der Waals surface area (Å²) in [6.45, 7) is 1.30. The number of hydrogen-bond donors (Lipinski definition) is 1. The summed E-state index contributed by atoms with van der Waals surface area (Å²) < 4.78 is 5.03. The quantitative estimate of drug-likeness (QED) is 0.859. The molecule has 0 aliphatic carbocycles. The molecule has 0 aromatic heterocycles. The summed E-state index contributed by atoms with van der Waals surface area (Å²) in [5, 5.41) is 8.35. The zero-order valence-corrected chi connectivity index (χ0v) is 12.2. The highest BCUT2D eigenvalue weighted by atomic mass is 32.2. The van der Waals surface area contributed by atoms with Crippen LogP contribution < -0.4 is 4.74 Å². The Hall–Kier alpha value is -2.28. The molecule has 0 radical (unpaired) electrons. The number of carbonyl (C=O) groups is 3. The van der Waals surface area contributed by atoms with Crippen molar-refractivity contribution in [3.8, 4) is 5.75 Å². The van der Waals surface area contributed by atoms with Crippen LogP contribution in [0.5, 0.6) is 5.75 Å². The van der Waals surface area contributed by atoms with Crippen molar-refractivity contribution in [1.82, 2.24) is 4.90 Å². The smallest absolute Gasteiger partial charge is 0.326 e. The molecule has 1 aromatic rings. The van der Waals surface area contributed by atoms with Gasteiger partial charge in [-0.05, 0) is 42.5 Å². The number of aliphatic carboxylic acids is 1. The summed E-state index contributed by atoms with van der Waals surface area (Å²) in [5.74, 6) is -1.13. The second kappa shape index (κ2) is 6.01. The van der Waals surface area contributed by atoms with Crippen LogP contribution in [0, 0.1) is 0 Å². The van der Waals surface area contributed by atoms with Crippen molar-refractivity contribution < 1.29 is 24.2 Å². The minimum atomic E-state index is -1.22. The SMILES string of the molecule is COc1ccc(/C=C2\SC(=O)N([C@@H](C)C(=O)O)C2=O)cc1. The van der Waals surface area contributed by atoms with Crippen LogP contribution in [0.15, 0.2) is 29.2 Å². The zero-order chi connectivity index (χ0) is 15.6. The number of imide groups is 1. The van der Waals surface area contributed by atoms with E-state index < -0.39 is 23.2 Å². The molecule has 0 spiro atoms. The Kier molecular flexibility index (Phi) is 4.32. The van der Waals surface area contributed by atoms with Gasteiger partial charge in [-0.15, -0.1) is 0 Å². The number of methoxy groups -OCH3 is 1. The Morgan fingerprint density at radius 3 is 2.48 bits per heavy atom. The van der Waals surface area contributed by atoms with Crippen LogP contribution in [-0.2, 0) is 9.59 Å². The Labute approximate surface area is 125 Å². The third kappa shape index (κ3) is 3.08. The molecule has 0 saturated carbocycles. The lowest BCUT2D eigenvalue weighted by atomic mass is 10.2. The molecular weight excluding hydrogens is 294 g/mol. The number of benzene rings is 1. The fraction of sp³-hybridized carbons (Fsp3) is 0.214. The summed E-state index contributed by atoms with van der Waals surface area (Å²) in [4.78, 5) is 35.8. The number of ether oxygens (including phenoxy) is 1. The van der Waals surface area contributed by atoms with Crippen LogP contribution in [0.1, 0.15) is 12.5 Å². The van der Waals surface area contributed by atoms with E-state index in [-0.39, 0.29) is 4.91 Å². The summed E-state index contributed by atoms with van der Waals surface area (Å²) in [5.41, 5.74) is 0.726. The van der Waals surface area contributed by atoms with Crippen molar-refractivity contribution in [3.63, 3.8) is 0 Å². The van der Waals surface area contributed by atoms with Gasteiger partial charge < -0.3 is 9.84 Å². The third-order valence-corrected chi connectivity index (χ3v) is 3.87. The molecule has 1 aliphatic rings. The molecule has 1 saturated heterocycles. The Morgan fingerprint density at radius 2 is 1.95 bits per heavy atom. The van der Waals surface area contributed by atoms with Gasteiger partial charge in [0.25, 0.3) is 11.1 Å². The summed E-state index contributed by atoms with van der Waals surface area (Å²) in [7, 11) is 1.55. The van der Waals surface area contributed by atoms with Crippen molar-refractivity contribution in [1.29, 1.82) is 0 Å². The molecule has 7 heteroatoms. The number of amides is 2. The molecule has 1 aliphatic heterocycles. The average Bonchev–Trinajstić information content (AvgIpc) is 2.73. The van der Waals surface area contributed by atoms with E-state index in [0.717, 1.165) is 22.2 Å². The topological polar surface area (TPSA) is 83.9 Å². The second-order valence-electron chi connectivity index (χ2n) is 4.34. The fourth-order valence-electron chi connectivity index (χ4n) is 1.78. The van der Waals surface area contributed by atoms with E-state index in [4.69, 9.17) is 9.84 Å². The summed E-state index contributed by atoms with van der Waals surface area (Å²) in [6, 6.07) is 5.77. The van der Waals surface area contributed by atoms with Gasteiger partial charge in [0.2, 0.25) is 0 Å². The van der Waals surface area contributed by atoms with Gasteiger partial charge in [-0.3, -0.25) is 14.5 Å². The summed E-state index contributed by atoms with van der Waals surface area (Å²) in [6.07, 6.45) is 1.55. The van der Waals surface area contributed by atoms with E-state index in [0.29, 0.717) is 5.75 Å². The zero-order valence-electron chi connectivity index (χ0n) is 11.4. The molecule has 1 heterocycles. The predicted molar refractivity (Wildman–Crippen MR) is 77.9 cm³/mol. The van der Waals surface area contributed by atoms with Gasteiger partial charge in [0.15, 0.2) is 0 Å². The first-order valence-electron chi connectivity index (χ1n) is 6.08. The number of nitrogens with zero attached hydrogens (tertiary/aromatic N) is 1. The first-order chi connectivity index (χ1) is 9.93. The number of hydrogen-bond acceptors (Lipinski definition) is 5. The minimum Gasteiger partial charge on any atom is -0.497 e. The highest BCUT2D eigenvalue weighted by molar-refractivity contribution is 8.18. The van der Waals surface area contributed by atoms with Crippen LogP contribution in [0.2, 0.25) is 0 Å². The maximum atomic E-state index is 12.1. The van der Waals surface area contributed by atoms with Crippen molar-refractivity contribution in [2.75, 3.05) is 7.11 Å². The maximum absolute atomic E-state index is 12.1. The van der Waals surface area contributed by atoms with Gasteiger partial charge in [0.1, 0.15) is 11.8 Å². The first-order valence-corrected chi connectivity index (χ1v) is 6.89. The standard InChI is InChI=1S/C14H13NO5S/c1-8(13(17)18)15-12(16)11(21-14(15)19)7-9-3-5-10(20-2)6-4-9/h3-8H,1-2H3,(H,17,18)/b11-7-/t8-/m0/s1. The Morgan fingerprint density at radius 1 is 1.33 bits per heavy atom. The highest BCUT2D eigenvalue weighted by Crippen LogP contribution is 2.33. The molecule has 2 rings (SSSR count). The molecule has 21 heavy (non-hydrogen) atoms. The number of thioether (sulfide) groups is 1. The molecule has 0 bridgehead atoms. The molecule has 1 aromatic carbocycles. The number of carbonyl (C=O) groups excluding carboxylic acids is 2. The normalized spacial score (nSPS) is 18.2. The number of carboxylic acid groups (broad SMARTS) is 1. The molecule has 2 amide bonds. The number of rotatable bonds is 4. The van der Waals surface area contributed by atoms with Crippen LogP contribution in [0.25, 0.3) is 6.08 Å². The Bertz CT molecular complexity index is 623. The van der Waals surface area contributed by atoms with E-state index in [1.54, 1.807) is 37.5 Å². The highest BCUT2D eigenvalue weighted by Gasteiger charge is 2.40. The van der Waals surface area contributed by atoms with Crippen LogP contribution in [-0.4, -0.2) is 40.3 Å².